The molecule has 1 fully saturated rings. The smallest absolute Gasteiger partial charge is 0.340 e. The molecule has 0 radical (unpaired) electrons. The molecule has 24 heavy (non-hydrogen) atoms. The van der Waals surface area contributed by atoms with Crippen LogP contribution in [-0.2, 0) is 9.53 Å². The van der Waals surface area contributed by atoms with Crippen molar-refractivity contribution in [2.45, 2.75) is 38.6 Å². The van der Waals surface area contributed by atoms with Gasteiger partial charge in [0.2, 0.25) is 0 Å². The van der Waals surface area contributed by atoms with Gasteiger partial charge in [-0.05, 0) is 31.7 Å². The number of likely N-dealkylation sites (tertiary alicyclic amines) is 1. The molecule has 1 aliphatic rings. The van der Waals surface area contributed by atoms with E-state index in [2.05, 4.69) is 0 Å². The second-order valence-corrected chi connectivity index (χ2v) is 5.75. The van der Waals surface area contributed by atoms with Crippen molar-refractivity contribution in [3.63, 3.8) is 0 Å². The molecule has 0 spiro atoms. The van der Waals surface area contributed by atoms with Gasteiger partial charge in [0, 0.05) is 24.7 Å². The van der Waals surface area contributed by atoms with Crippen LogP contribution in [0.15, 0.2) is 18.2 Å². The summed E-state index contributed by atoms with van der Waals surface area (Å²) in [4.78, 5) is 36.1. The Balaban J connectivity index is 1.97. The van der Waals surface area contributed by atoms with Gasteiger partial charge in [-0.15, -0.1) is 0 Å². The minimum absolute atomic E-state index is 0.0130. The zero-order valence-corrected chi connectivity index (χ0v) is 13.6. The van der Waals surface area contributed by atoms with Crippen molar-refractivity contribution in [3.8, 4) is 0 Å². The fraction of sp³-hybridized carbons (Fsp3) is 0.500. The molecule has 1 heterocycles. The third kappa shape index (κ3) is 4.01. The minimum Gasteiger partial charge on any atom is -0.452 e. The van der Waals surface area contributed by atoms with Crippen molar-refractivity contribution in [2.24, 2.45) is 0 Å². The van der Waals surface area contributed by atoms with Crippen LogP contribution < -0.4 is 5.73 Å². The Morgan fingerprint density at radius 2 is 2.17 bits per heavy atom. The van der Waals surface area contributed by atoms with Gasteiger partial charge in [0.1, 0.15) is 0 Å². The zero-order chi connectivity index (χ0) is 17.7. The Hall–Kier alpha value is -2.64. The largest absolute Gasteiger partial charge is 0.452 e. The fourth-order valence-electron chi connectivity index (χ4n) is 2.89. The van der Waals surface area contributed by atoms with Gasteiger partial charge >= 0.3 is 5.97 Å². The summed E-state index contributed by atoms with van der Waals surface area (Å²) in [6, 6.07) is 3.69. The molecule has 1 aliphatic heterocycles. The molecule has 2 rings (SSSR count). The maximum Gasteiger partial charge on any atom is 0.340 e. The number of rotatable bonds is 5. The van der Waals surface area contributed by atoms with Crippen LogP contribution in [0.2, 0.25) is 0 Å². The molecule has 1 aromatic carbocycles. The summed E-state index contributed by atoms with van der Waals surface area (Å²) in [6.45, 7) is 2.35. The molecule has 0 bridgehead atoms. The first kappa shape index (κ1) is 17.7. The number of carbonyl (C=O) groups excluding carboxylic acids is 2. The van der Waals surface area contributed by atoms with Crippen LogP contribution in [0.25, 0.3) is 0 Å². The lowest BCUT2D eigenvalue weighted by atomic mass is 10.00. The Morgan fingerprint density at radius 3 is 2.79 bits per heavy atom. The number of anilines is 1. The van der Waals surface area contributed by atoms with Crippen LogP contribution in [0, 0.1) is 10.1 Å². The van der Waals surface area contributed by atoms with Gasteiger partial charge in [0.25, 0.3) is 11.6 Å². The molecule has 0 saturated carbocycles. The quantitative estimate of drug-likeness (QED) is 0.381. The average Bonchev–Trinajstić information content (AvgIpc) is 2.59. The number of hydrogen-bond acceptors (Lipinski definition) is 6. The standard InChI is InChI=1S/C16H21N3O5/c1-2-11-5-3-4-8-18(11)15(20)10-24-16(21)13-7-6-12(19(22)23)9-14(13)17/h6-7,9,11H,2-5,8,10,17H2,1H3/t11-/m1/s1. The highest BCUT2D eigenvalue weighted by Gasteiger charge is 2.26. The number of amides is 1. The van der Waals surface area contributed by atoms with Crippen LogP contribution in [0.1, 0.15) is 43.0 Å². The Labute approximate surface area is 139 Å². The van der Waals surface area contributed by atoms with Crippen molar-refractivity contribution < 1.29 is 19.2 Å². The summed E-state index contributed by atoms with van der Waals surface area (Å²) in [5.41, 5.74) is 5.41. The lowest BCUT2D eigenvalue weighted by Gasteiger charge is -2.35. The third-order valence-electron chi connectivity index (χ3n) is 4.21. The van der Waals surface area contributed by atoms with E-state index in [9.17, 15) is 19.7 Å². The number of non-ortho nitro benzene ring substituents is 1. The predicted octanol–water partition coefficient (Wildman–Crippen LogP) is 2.12. The molecule has 0 aliphatic carbocycles. The maximum absolute atomic E-state index is 12.3. The number of benzene rings is 1. The summed E-state index contributed by atoms with van der Waals surface area (Å²) in [5.74, 6) is -0.990. The predicted molar refractivity (Wildman–Crippen MR) is 87.4 cm³/mol. The van der Waals surface area contributed by atoms with E-state index in [-0.39, 0.29) is 35.5 Å². The van der Waals surface area contributed by atoms with Gasteiger partial charge in [0.15, 0.2) is 6.61 Å². The first-order valence-corrected chi connectivity index (χ1v) is 7.94. The first-order chi connectivity index (χ1) is 11.4. The number of nitrogen functional groups attached to an aromatic ring is 1. The Bertz CT molecular complexity index is 647. The van der Waals surface area contributed by atoms with E-state index in [0.717, 1.165) is 31.7 Å². The third-order valence-corrected chi connectivity index (χ3v) is 4.21. The number of nitrogens with two attached hydrogens (primary N) is 1. The van der Waals surface area contributed by atoms with Crippen LogP contribution >= 0.6 is 0 Å². The molecule has 8 nitrogen and oxygen atoms in total. The van der Waals surface area contributed by atoms with Crippen LogP contribution in [0.3, 0.4) is 0 Å². The van der Waals surface area contributed by atoms with Crippen molar-refractivity contribution >= 4 is 23.3 Å². The highest BCUT2D eigenvalue weighted by Crippen LogP contribution is 2.22. The topological polar surface area (TPSA) is 116 Å². The second kappa shape index (κ2) is 7.76. The van der Waals surface area contributed by atoms with Gasteiger partial charge in [-0.2, -0.15) is 0 Å². The summed E-state index contributed by atoms with van der Waals surface area (Å²) < 4.78 is 5.04. The van der Waals surface area contributed by atoms with Crippen molar-refractivity contribution in [2.75, 3.05) is 18.9 Å². The molecule has 2 N–H and O–H groups in total. The summed E-state index contributed by atoms with van der Waals surface area (Å²) >= 11 is 0. The summed E-state index contributed by atoms with van der Waals surface area (Å²) in [6.07, 6.45) is 3.88. The summed E-state index contributed by atoms with van der Waals surface area (Å²) in [5, 5.41) is 10.7. The van der Waals surface area contributed by atoms with E-state index >= 15 is 0 Å². The first-order valence-electron chi connectivity index (χ1n) is 7.94. The van der Waals surface area contributed by atoms with Crippen LogP contribution in [-0.4, -0.2) is 40.9 Å². The van der Waals surface area contributed by atoms with Crippen LogP contribution in [0.5, 0.6) is 0 Å². The molecular formula is C16H21N3O5. The monoisotopic (exact) mass is 335 g/mol. The van der Waals surface area contributed by atoms with Gasteiger partial charge in [-0.1, -0.05) is 6.92 Å². The van der Waals surface area contributed by atoms with E-state index in [1.807, 2.05) is 6.92 Å². The average molecular weight is 335 g/mol. The lowest BCUT2D eigenvalue weighted by Crippen LogP contribution is -2.45. The van der Waals surface area contributed by atoms with E-state index in [1.165, 1.54) is 12.1 Å². The van der Waals surface area contributed by atoms with Crippen molar-refractivity contribution in [3.05, 3.63) is 33.9 Å². The highest BCUT2D eigenvalue weighted by atomic mass is 16.6. The molecule has 8 heteroatoms. The maximum atomic E-state index is 12.3. The van der Waals surface area contributed by atoms with Gasteiger partial charge in [-0.25, -0.2) is 4.79 Å². The molecule has 0 aromatic heterocycles. The summed E-state index contributed by atoms with van der Waals surface area (Å²) in [7, 11) is 0. The minimum atomic E-state index is -0.763. The van der Waals surface area contributed by atoms with E-state index in [4.69, 9.17) is 10.5 Å². The number of nitrogens with zero attached hydrogens (tertiary/aromatic N) is 2. The number of nitro groups is 1. The lowest BCUT2D eigenvalue weighted by molar-refractivity contribution is -0.384. The van der Waals surface area contributed by atoms with Gasteiger partial charge in [0.05, 0.1) is 16.2 Å². The van der Waals surface area contributed by atoms with Crippen molar-refractivity contribution in [1.29, 1.82) is 0 Å². The number of piperidine rings is 1. The molecule has 1 saturated heterocycles. The van der Waals surface area contributed by atoms with Crippen molar-refractivity contribution in [1.82, 2.24) is 4.90 Å². The number of hydrogen-bond donors (Lipinski definition) is 1. The van der Waals surface area contributed by atoms with E-state index < -0.39 is 10.9 Å². The molecule has 1 amide bonds. The van der Waals surface area contributed by atoms with E-state index in [1.54, 1.807) is 4.90 Å². The SMILES string of the molecule is CC[C@@H]1CCCCN1C(=O)COC(=O)c1ccc([N+](=O)[O-])cc1N. The van der Waals surface area contributed by atoms with Gasteiger partial charge < -0.3 is 15.4 Å². The van der Waals surface area contributed by atoms with Crippen LogP contribution in [0.4, 0.5) is 11.4 Å². The number of nitro benzene ring substituents is 1. The second-order valence-electron chi connectivity index (χ2n) is 5.75. The molecular weight excluding hydrogens is 314 g/mol. The Morgan fingerprint density at radius 1 is 1.42 bits per heavy atom. The number of esters is 1. The normalized spacial score (nSPS) is 17.4. The fourth-order valence-corrected chi connectivity index (χ4v) is 2.89. The molecule has 1 aromatic rings. The molecule has 1 atom stereocenters. The molecule has 0 unspecified atom stereocenters. The molecule has 130 valence electrons. The van der Waals surface area contributed by atoms with Gasteiger partial charge in [-0.3, -0.25) is 14.9 Å². The highest BCUT2D eigenvalue weighted by molar-refractivity contribution is 5.96. The number of ether oxygens (including phenoxy) is 1. The Kier molecular flexibility index (Phi) is 5.73. The zero-order valence-electron chi connectivity index (χ0n) is 13.6. The number of carbonyl (C=O) groups is 2. The van der Waals surface area contributed by atoms with E-state index in [0.29, 0.717) is 6.54 Å².